The van der Waals surface area contributed by atoms with Gasteiger partial charge in [-0.05, 0) is 34.1 Å². The van der Waals surface area contributed by atoms with Crippen LogP contribution in [0, 0.1) is 5.82 Å². The molecular weight excluding hydrogens is 293 g/mol. The van der Waals surface area contributed by atoms with Gasteiger partial charge in [-0.3, -0.25) is 0 Å². The van der Waals surface area contributed by atoms with Gasteiger partial charge in [0.1, 0.15) is 11.9 Å². The third-order valence-corrected chi connectivity index (χ3v) is 2.78. The van der Waals surface area contributed by atoms with Crippen LogP contribution in [0.3, 0.4) is 0 Å². The summed E-state index contributed by atoms with van der Waals surface area (Å²) in [7, 11) is 0. The average Bonchev–Trinajstić information content (AvgIpc) is 2.77. The number of benzene rings is 1. The molecule has 90 valence electrons. The van der Waals surface area contributed by atoms with Crippen molar-refractivity contribution in [3.8, 4) is 11.4 Å². The molecule has 17 heavy (non-hydrogen) atoms. The van der Waals surface area contributed by atoms with Crippen molar-refractivity contribution in [1.82, 2.24) is 10.1 Å². The van der Waals surface area contributed by atoms with Crippen LogP contribution in [0.1, 0.15) is 12.0 Å². The van der Waals surface area contributed by atoms with Crippen molar-refractivity contribution in [2.24, 2.45) is 5.73 Å². The van der Waals surface area contributed by atoms with Crippen molar-refractivity contribution < 1.29 is 14.0 Å². The molecule has 2 aromatic rings. The van der Waals surface area contributed by atoms with Crippen molar-refractivity contribution in [3.63, 3.8) is 0 Å². The van der Waals surface area contributed by atoms with Gasteiger partial charge in [0.2, 0.25) is 5.82 Å². The predicted molar refractivity (Wildman–Crippen MR) is 61.4 cm³/mol. The average molecular weight is 302 g/mol. The molecule has 1 aromatic carbocycles. The maximum absolute atomic E-state index is 12.9. The zero-order valence-electron chi connectivity index (χ0n) is 8.60. The minimum absolute atomic E-state index is 0.00772. The van der Waals surface area contributed by atoms with E-state index in [0.29, 0.717) is 10.0 Å². The molecule has 0 aliphatic carbocycles. The first-order valence-corrected chi connectivity index (χ1v) is 5.58. The highest BCUT2D eigenvalue weighted by atomic mass is 79.9. The standard InChI is InChI=1S/C10H9BrFN3O2/c11-7-3-5(12)1-2-6(7)9-14-10(17-15-9)8(16)4-13/h1-3,8,16H,4,13H2. The van der Waals surface area contributed by atoms with Crippen molar-refractivity contribution in [2.75, 3.05) is 6.54 Å². The molecule has 0 bridgehead atoms. The summed E-state index contributed by atoms with van der Waals surface area (Å²) in [6, 6.07) is 4.10. The highest BCUT2D eigenvalue weighted by Gasteiger charge is 2.16. The molecule has 0 radical (unpaired) electrons. The van der Waals surface area contributed by atoms with E-state index >= 15 is 0 Å². The molecule has 0 aliphatic rings. The van der Waals surface area contributed by atoms with E-state index in [1.54, 1.807) is 0 Å². The Hall–Kier alpha value is -1.31. The smallest absolute Gasteiger partial charge is 0.257 e. The maximum Gasteiger partial charge on any atom is 0.257 e. The van der Waals surface area contributed by atoms with Crippen molar-refractivity contribution in [2.45, 2.75) is 6.10 Å². The van der Waals surface area contributed by atoms with Crippen LogP contribution in [-0.4, -0.2) is 21.8 Å². The predicted octanol–water partition coefficient (Wildman–Crippen LogP) is 1.63. The van der Waals surface area contributed by atoms with E-state index in [4.69, 9.17) is 10.3 Å². The summed E-state index contributed by atoms with van der Waals surface area (Å²) in [6.07, 6.45) is -0.990. The van der Waals surface area contributed by atoms with E-state index in [9.17, 15) is 9.50 Å². The fraction of sp³-hybridized carbons (Fsp3) is 0.200. The molecule has 1 heterocycles. The number of aliphatic hydroxyl groups is 1. The number of aliphatic hydroxyl groups excluding tert-OH is 1. The molecule has 1 aromatic heterocycles. The van der Waals surface area contributed by atoms with Gasteiger partial charge in [-0.2, -0.15) is 4.98 Å². The van der Waals surface area contributed by atoms with Crippen LogP contribution in [0.25, 0.3) is 11.4 Å². The normalized spacial score (nSPS) is 12.7. The molecule has 0 saturated heterocycles. The van der Waals surface area contributed by atoms with Gasteiger partial charge in [-0.25, -0.2) is 4.39 Å². The topological polar surface area (TPSA) is 85.2 Å². The molecule has 3 N–H and O–H groups in total. The number of hydrogen-bond donors (Lipinski definition) is 2. The van der Waals surface area contributed by atoms with Crippen LogP contribution in [0.4, 0.5) is 4.39 Å². The lowest BCUT2D eigenvalue weighted by Gasteiger charge is -1.99. The Morgan fingerprint density at radius 3 is 2.94 bits per heavy atom. The van der Waals surface area contributed by atoms with Crippen LogP contribution in [0.15, 0.2) is 27.2 Å². The summed E-state index contributed by atoms with van der Waals surface area (Å²) in [5.41, 5.74) is 5.84. The zero-order valence-corrected chi connectivity index (χ0v) is 10.2. The van der Waals surface area contributed by atoms with Gasteiger partial charge in [0, 0.05) is 16.6 Å². The fourth-order valence-corrected chi connectivity index (χ4v) is 1.78. The molecule has 7 heteroatoms. The molecule has 0 aliphatic heterocycles. The van der Waals surface area contributed by atoms with Gasteiger partial charge in [0.25, 0.3) is 5.89 Å². The second-order valence-electron chi connectivity index (χ2n) is 3.33. The summed E-state index contributed by atoms with van der Waals surface area (Å²) < 4.78 is 18.3. The molecule has 0 spiro atoms. The van der Waals surface area contributed by atoms with Crippen LogP contribution in [-0.2, 0) is 0 Å². The number of aromatic nitrogens is 2. The third-order valence-electron chi connectivity index (χ3n) is 2.12. The van der Waals surface area contributed by atoms with Crippen molar-refractivity contribution in [1.29, 1.82) is 0 Å². The van der Waals surface area contributed by atoms with Gasteiger partial charge in [-0.15, -0.1) is 0 Å². The van der Waals surface area contributed by atoms with E-state index < -0.39 is 6.10 Å². The Morgan fingerprint density at radius 1 is 1.53 bits per heavy atom. The van der Waals surface area contributed by atoms with Gasteiger partial charge in [0.05, 0.1) is 0 Å². The Bertz CT molecular complexity index is 532. The van der Waals surface area contributed by atoms with Gasteiger partial charge in [0.15, 0.2) is 0 Å². The number of hydrogen-bond acceptors (Lipinski definition) is 5. The monoisotopic (exact) mass is 301 g/mol. The molecule has 1 unspecified atom stereocenters. The molecular formula is C10H9BrFN3O2. The highest BCUT2D eigenvalue weighted by Crippen LogP contribution is 2.27. The Labute approximate surface area is 105 Å². The van der Waals surface area contributed by atoms with Crippen LogP contribution < -0.4 is 5.73 Å². The first-order chi connectivity index (χ1) is 8.11. The van der Waals surface area contributed by atoms with Crippen LogP contribution in [0.2, 0.25) is 0 Å². The lowest BCUT2D eigenvalue weighted by atomic mass is 10.2. The SMILES string of the molecule is NCC(O)c1nc(-c2ccc(F)cc2Br)no1. The summed E-state index contributed by atoms with van der Waals surface area (Å²) in [5, 5.41) is 13.1. The van der Waals surface area contributed by atoms with Gasteiger partial charge >= 0.3 is 0 Å². The Morgan fingerprint density at radius 2 is 2.29 bits per heavy atom. The largest absolute Gasteiger partial charge is 0.382 e. The second kappa shape index (κ2) is 4.91. The molecule has 0 saturated carbocycles. The molecule has 1 atom stereocenters. The lowest BCUT2D eigenvalue weighted by molar-refractivity contribution is 0.141. The highest BCUT2D eigenvalue weighted by molar-refractivity contribution is 9.10. The minimum atomic E-state index is -0.990. The number of nitrogens with zero attached hydrogens (tertiary/aromatic N) is 2. The van der Waals surface area contributed by atoms with E-state index in [0.717, 1.165) is 0 Å². The number of rotatable bonds is 3. The van der Waals surface area contributed by atoms with Crippen LogP contribution >= 0.6 is 15.9 Å². The van der Waals surface area contributed by atoms with E-state index in [1.165, 1.54) is 18.2 Å². The zero-order chi connectivity index (χ0) is 12.4. The fourth-order valence-electron chi connectivity index (χ4n) is 1.25. The summed E-state index contributed by atoms with van der Waals surface area (Å²) in [4.78, 5) is 3.98. The third kappa shape index (κ3) is 2.51. The van der Waals surface area contributed by atoms with Gasteiger partial charge in [-0.1, -0.05) is 5.16 Å². The number of halogens is 2. The van der Waals surface area contributed by atoms with E-state index in [1.807, 2.05) is 0 Å². The second-order valence-corrected chi connectivity index (χ2v) is 4.19. The quantitative estimate of drug-likeness (QED) is 0.900. The summed E-state index contributed by atoms with van der Waals surface area (Å²) >= 11 is 3.20. The maximum atomic E-state index is 12.9. The summed E-state index contributed by atoms with van der Waals surface area (Å²) in [6.45, 7) is -0.00772. The molecule has 0 fully saturated rings. The first kappa shape index (κ1) is 12.2. The molecule has 5 nitrogen and oxygen atoms in total. The summed E-state index contributed by atoms with van der Waals surface area (Å²) in [5.74, 6) is -0.0653. The first-order valence-electron chi connectivity index (χ1n) is 4.79. The Balaban J connectivity index is 2.37. The van der Waals surface area contributed by atoms with E-state index in [-0.39, 0.29) is 24.1 Å². The number of nitrogens with two attached hydrogens (primary N) is 1. The molecule has 2 rings (SSSR count). The van der Waals surface area contributed by atoms with Crippen LogP contribution in [0.5, 0.6) is 0 Å². The van der Waals surface area contributed by atoms with Crippen molar-refractivity contribution >= 4 is 15.9 Å². The van der Waals surface area contributed by atoms with E-state index in [2.05, 4.69) is 26.1 Å². The minimum Gasteiger partial charge on any atom is -0.382 e. The molecule has 0 amide bonds. The van der Waals surface area contributed by atoms with Gasteiger partial charge < -0.3 is 15.4 Å². The Kier molecular flexibility index (Phi) is 3.51. The van der Waals surface area contributed by atoms with Crippen molar-refractivity contribution in [3.05, 3.63) is 34.4 Å². The lowest BCUT2D eigenvalue weighted by Crippen LogP contribution is -2.11.